The fraction of sp³-hybridized carbons (Fsp3) is 0.400. The van der Waals surface area contributed by atoms with Crippen molar-refractivity contribution in [3.63, 3.8) is 0 Å². The fourth-order valence-electron chi connectivity index (χ4n) is 1.84. The fourth-order valence-corrected chi connectivity index (χ4v) is 1.84. The zero-order chi connectivity index (χ0) is 14.8. The summed E-state index contributed by atoms with van der Waals surface area (Å²) in [7, 11) is 0. The first-order valence-electron chi connectivity index (χ1n) is 6.46. The van der Waals surface area contributed by atoms with Gasteiger partial charge in [-0.2, -0.15) is 0 Å². The Balaban J connectivity index is 2.69. The molecule has 5 nitrogen and oxygen atoms in total. The summed E-state index contributed by atoms with van der Waals surface area (Å²) in [5.74, 6) is -0.888. The summed E-state index contributed by atoms with van der Waals surface area (Å²) < 4.78 is 5.52. The molecule has 110 valence electrons. The van der Waals surface area contributed by atoms with Gasteiger partial charge in [0.15, 0.2) is 0 Å². The Kier molecular flexibility index (Phi) is 7.57. The lowest BCUT2D eigenvalue weighted by Crippen LogP contribution is -2.16. The Bertz CT molecular complexity index is 432. The van der Waals surface area contributed by atoms with Gasteiger partial charge in [0.05, 0.1) is 32.3 Å². The standard InChI is InChI=1S/C15H20O5/c16-6-1-3-12-9-13(4-2-7-17)11-14(10-12)20-8-5-15(18)19/h1-4,9-10,14,16-17H,5-8,11H2,(H,18,19). The van der Waals surface area contributed by atoms with Gasteiger partial charge >= 0.3 is 5.97 Å². The molecule has 1 atom stereocenters. The summed E-state index contributed by atoms with van der Waals surface area (Å²) in [4.78, 5) is 10.5. The third kappa shape index (κ3) is 6.47. The molecule has 0 saturated carbocycles. The summed E-state index contributed by atoms with van der Waals surface area (Å²) >= 11 is 0. The molecule has 0 aromatic rings. The lowest BCUT2D eigenvalue weighted by molar-refractivity contribution is -0.138. The van der Waals surface area contributed by atoms with Gasteiger partial charge in [0, 0.05) is 6.42 Å². The summed E-state index contributed by atoms with van der Waals surface area (Å²) in [6.07, 6.45) is 11.1. The van der Waals surface area contributed by atoms with Crippen LogP contribution in [0.3, 0.4) is 0 Å². The second-order valence-electron chi connectivity index (χ2n) is 4.31. The molecule has 1 rings (SSSR count). The summed E-state index contributed by atoms with van der Waals surface area (Å²) in [5.41, 5.74) is 1.88. The number of carboxylic acids is 1. The first kappa shape index (κ1) is 16.4. The van der Waals surface area contributed by atoms with E-state index in [4.69, 9.17) is 20.1 Å². The third-order valence-corrected chi connectivity index (χ3v) is 2.67. The number of ether oxygens (including phenoxy) is 1. The molecule has 0 amide bonds. The van der Waals surface area contributed by atoms with Crippen LogP contribution in [0.5, 0.6) is 0 Å². The minimum atomic E-state index is -0.888. The molecule has 1 aliphatic rings. The number of hydrogen-bond donors (Lipinski definition) is 3. The molecule has 0 spiro atoms. The van der Waals surface area contributed by atoms with Gasteiger partial charge in [-0.25, -0.2) is 0 Å². The highest BCUT2D eigenvalue weighted by molar-refractivity contribution is 5.66. The van der Waals surface area contributed by atoms with Gasteiger partial charge in [-0.3, -0.25) is 4.79 Å². The van der Waals surface area contributed by atoms with Crippen LogP contribution in [-0.4, -0.2) is 47.2 Å². The van der Waals surface area contributed by atoms with E-state index in [1.807, 2.05) is 18.2 Å². The minimum absolute atomic E-state index is 0.0301. The number of aliphatic hydroxyl groups is 2. The predicted molar refractivity (Wildman–Crippen MR) is 75.2 cm³/mol. The first-order valence-corrected chi connectivity index (χ1v) is 6.46. The van der Waals surface area contributed by atoms with Gasteiger partial charge in [0.1, 0.15) is 0 Å². The molecule has 5 heteroatoms. The molecule has 0 aromatic heterocycles. The predicted octanol–water partition coefficient (Wildman–Crippen LogP) is 1.20. The van der Waals surface area contributed by atoms with Gasteiger partial charge in [-0.05, 0) is 17.2 Å². The van der Waals surface area contributed by atoms with Crippen molar-refractivity contribution in [2.75, 3.05) is 19.8 Å². The van der Waals surface area contributed by atoms with E-state index >= 15 is 0 Å². The molecular weight excluding hydrogens is 260 g/mol. The van der Waals surface area contributed by atoms with E-state index in [2.05, 4.69) is 0 Å². The van der Waals surface area contributed by atoms with Gasteiger partial charge < -0.3 is 20.1 Å². The van der Waals surface area contributed by atoms with Crippen molar-refractivity contribution in [1.29, 1.82) is 0 Å². The quantitative estimate of drug-likeness (QED) is 0.622. The van der Waals surface area contributed by atoms with E-state index < -0.39 is 5.97 Å². The highest BCUT2D eigenvalue weighted by Gasteiger charge is 2.14. The van der Waals surface area contributed by atoms with Crippen LogP contribution >= 0.6 is 0 Å². The second-order valence-corrected chi connectivity index (χ2v) is 4.31. The van der Waals surface area contributed by atoms with Crippen LogP contribution in [0, 0.1) is 0 Å². The van der Waals surface area contributed by atoms with Gasteiger partial charge in [-0.1, -0.05) is 30.4 Å². The normalized spacial score (nSPS) is 19.4. The van der Waals surface area contributed by atoms with Crippen LogP contribution in [0.2, 0.25) is 0 Å². The summed E-state index contributed by atoms with van der Waals surface area (Å²) in [5, 5.41) is 26.2. The molecule has 0 aromatic carbocycles. The van der Waals surface area contributed by atoms with E-state index in [9.17, 15) is 4.79 Å². The Morgan fingerprint density at radius 2 is 2.00 bits per heavy atom. The van der Waals surface area contributed by atoms with E-state index in [0.29, 0.717) is 6.42 Å². The molecule has 1 aliphatic carbocycles. The molecule has 0 fully saturated rings. The molecule has 0 aliphatic heterocycles. The van der Waals surface area contributed by atoms with Crippen LogP contribution in [0.15, 0.2) is 47.6 Å². The Labute approximate surface area is 118 Å². The van der Waals surface area contributed by atoms with Crippen LogP contribution in [0.1, 0.15) is 12.8 Å². The van der Waals surface area contributed by atoms with E-state index in [0.717, 1.165) is 11.1 Å². The van der Waals surface area contributed by atoms with Gasteiger partial charge in [0.25, 0.3) is 0 Å². The van der Waals surface area contributed by atoms with Gasteiger partial charge in [0.2, 0.25) is 0 Å². The van der Waals surface area contributed by atoms with Crippen molar-refractivity contribution in [3.8, 4) is 0 Å². The number of aliphatic hydroxyl groups excluding tert-OH is 2. The number of aliphatic carboxylic acids is 1. The molecule has 3 N–H and O–H groups in total. The Morgan fingerprint density at radius 3 is 2.65 bits per heavy atom. The van der Waals surface area contributed by atoms with E-state index in [-0.39, 0.29) is 32.3 Å². The molecule has 0 saturated heterocycles. The van der Waals surface area contributed by atoms with Crippen molar-refractivity contribution < 1.29 is 24.9 Å². The SMILES string of the molecule is O=C(O)CCOC1C=C(C=CCO)C=C(C=CCO)C1. The molecule has 20 heavy (non-hydrogen) atoms. The average Bonchev–Trinajstić information content (AvgIpc) is 2.42. The molecule has 0 bridgehead atoms. The van der Waals surface area contributed by atoms with Crippen LogP contribution in [-0.2, 0) is 9.53 Å². The maximum absolute atomic E-state index is 10.5. The van der Waals surface area contributed by atoms with E-state index in [1.54, 1.807) is 18.2 Å². The lowest BCUT2D eigenvalue weighted by atomic mass is 9.96. The van der Waals surface area contributed by atoms with Crippen LogP contribution in [0.25, 0.3) is 0 Å². The van der Waals surface area contributed by atoms with Crippen molar-refractivity contribution in [1.82, 2.24) is 0 Å². The van der Waals surface area contributed by atoms with Crippen molar-refractivity contribution in [2.24, 2.45) is 0 Å². The number of hydrogen-bond acceptors (Lipinski definition) is 4. The van der Waals surface area contributed by atoms with Gasteiger partial charge in [-0.15, -0.1) is 0 Å². The molecular formula is C15H20O5. The summed E-state index contributed by atoms with van der Waals surface area (Å²) in [6.45, 7) is 0.0788. The number of allylic oxidation sites excluding steroid dienone is 4. The molecule has 0 heterocycles. The Hall–Kier alpha value is -1.69. The number of rotatable bonds is 8. The monoisotopic (exact) mass is 280 g/mol. The maximum Gasteiger partial charge on any atom is 0.305 e. The third-order valence-electron chi connectivity index (χ3n) is 2.67. The maximum atomic E-state index is 10.5. The first-order chi connectivity index (χ1) is 9.65. The lowest BCUT2D eigenvalue weighted by Gasteiger charge is -2.19. The van der Waals surface area contributed by atoms with Crippen LogP contribution in [0.4, 0.5) is 0 Å². The zero-order valence-electron chi connectivity index (χ0n) is 11.2. The highest BCUT2D eigenvalue weighted by atomic mass is 16.5. The summed E-state index contributed by atoms with van der Waals surface area (Å²) in [6, 6.07) is 0. The highest BCUT2D eigenvalue weighted by Crippen LogP contribution is 2.22. The average molecular weight is 280 g/mol. The minimum Gasteiger partial charge on any atom is -0.481 e. The second kappa shape index (κ2) is 9.25. The number of carbonyl (C=O) groups is 1. The topological polar surface area (TPSA) is 87.0 Å². The van der Waals surface area contributed by atoms with E-state index in [1.165, 1.54) is 0 Å². The van der Waals surface area contributed by atoms with Crippen molar-refractivity contribution >= 4 is 5.97 Å². The smallest absolute Gasteiger partial charge is 0.305 e. The largest absolute Gasteiger partial charge is 0.481 e. The van der Waals surface area contributed by atoms with Crippen molar-refractivity contribution in [2.45, 2.75) is 18.9 Å². The molecule has 0 radical (unpaired) electrons. The molecule has 1 unspecified atom stereocenters. The van der Waals surface area contributed by atoms with Crippen LogP contribution < -0.4 is 0 Å². The number of carboxylic acid groups (broad SMARTS) is 1. The zero-order valence-corrected chi connectivity index (χ0v) is 11.2. The Morgan fingerprint density at radius 1 is 1.30 bits per heavy atom. The van der Waals surface area contributed by atoms with Crippen molar-refractivity contribution in [3.05, 3.63) is 47.6 Å².